The summed E-state index contributed by atoms with van der Waals surface area (Å²) in [6, 6.07) is 0. The molecule has 16 atom stereocenters. The summed E-state index contributed by atoms with van der Waals surface area (Å²) in [5.41, 5.74) is 0. The first-order chi connectivity index (χ1) is 29.1. The fraction of sp³-hybridized carbons (Fsp3) is 0.833. The van der Waals surface area contributed by atoms with E-state index in [9.17, 15) is 59.4 Å². The van der Waals surface area contributed by atoms with Gasteiger partial charge in [-0.1, -0.05) is 20.8 Å². The smallest absolute Gasteiger partial charge is 0.347 e. The molecule has 3 saturated heterocycles. The minimum Gasteiger partial charge on any atom is -0.479 e. The van der Waals surface area contributed by atoms with Crippen LogP contribution in [0.3, 0.4) is 0 Å². The van der Waals surface area contributed by atoms with Crippen molar-refractivity contribution in [2.24, 2.45) is 17.8 Å². The van der Waals surface area contributed by atoms with Crippen LogP contribution in [0.4, 0.5) is 0 Å². The Kier molecular flexibility index (Phi) is 22.4. The highest BCUT2D eigenvalue weighted by molar-refractivity contribution is 5.97. The molecule has 0 spiro atoms. The van der Waals surface area contributed by atoms with E-state index >= 15 is 0 Å². The van der Waals surface area contributed by atoms with E-state index in [1.807, 2.05) is 0 Å². The summed E-state index contributed by atoms with van der Waals surface area (Å²) in [4.78, 5) is 68.8. The van der Waals surface area contributed by atoms with Crippen LogP contribution in [0.2, 0.25) is 0 Å². The van der Waals surface area contributed by atoms with Crippen molar-refractivity contribution in [3.05, 3.63) is 0 Å². The number of ether oxygens (including phenoxy) is 10. The van der Waals surface area contributed by atoms with Crippen LogP contribution in [0.15, 0.2) is 0 Å². The molecule has 3 aliphatic heterocycles. The van der Waals surface area contributed by atoms with Crippen LogP contribution in [0, 0.1) is 17.8 Å². The molecule has 0 aromatic carbocycles. The number of aliphatic hydroxyl groups excluding tert-OH is 5. The zero-order valence-corrected chi connectivity index (χ0v) is 34.6. The van der Waals surface area contributed by atoms with Gasteiger partial charge >= 0.3 is 35.8 Å². The van der Waals surface area contributed by atoms with Crippen molar-refractivity contribution in [3.8, 4) is 0 Å². The van der Waals surface area contributed by atoms with Gasteiger partial charge in [-0.15, -0.1) is 0 Å². The number of carboxylic acids is 5. The Bertz CT molecular complexity index is 1440. The summed E-state index contributed by atoms with van der Waals surface area (Å²) < 4.78 is 52.0. The number of esters is 1. The minimum atomic E-state index is -2.22. The molecule has 26 heteroatoms. The van der Waals surface area contributed by atoms with Crippen molar-refractivity contribution >= 4 is 35.8 Å². The highest BCUT2D eigenvalue weighted by Crippen LogP contribution is 2.34. The average Bonchev–Trinajstić information content (AvgIpc) is 3.21. The first-order valence-corrected chi connectivity index (χ1v) is 19.3. The molecular weight excluding hydrogens is 848 g/mol. The molecule has 7 unspecified atom stereocenters. The van der Waals surface area contributed by atoms with Crippen LogP contribution in [-0.2, 0) is 76.1 Å². The Hall–Kier alpha value is -3.74. The molecule has 0 aliphatic carbocycles. The Morgan fingerprint density at radius 3 is 1.03 bits per heavy atom. The Balaban J connectivity index is 0.000000528. The fourth-order valence-electron chi connectivity index (χ4n) is 7.19. The van der Waals surface area contributed by atoms with E-state index in [1.165, 1.54) is 14.2 Å². The number of carbonyl (C=O) groups is 6. The lowest BCUT2D eigenvalue weighted by molar-refractivity contribution is -0.292. The van der Waals surface area contributed by atoms with Gasteiger partial charge in [0.15, 0.2) is 18.9 Å². The number of methoxy groups -OCH3 is 3. The van der Waals surface area contributed by atoms with Crippen LogP contribution < -0.4 is 0 Å². The lowest BCUT2D eigenvalue weighted by Gasteiger charge is -2.44. The molecule has 3 rings (SSSR count). The third kappa shape index (κ3) is 13.9. The largest absolute Gasteiger partial charge is 0.479 e. The number of rotatable bonds is 22. The maximum Gasteiger partial charge on any atom is 0.347 e. The monoisotopic (exact) mass is 906 g/mol. The predicted octanol–water partition coefficient (Wildman–Crippen LogP) is -3.54. The molecule has 0 saturated carbocycles. The summed E-state index contributed by atoms with van der Waals surface area (Å²) in [5, 5.41) is 96.3. The fourth-order valence-corrected chi connectivity index (χ4v) is 7.19. The first-order valence-electron chi connectivity index (χ1n) is 19.3. The SMILES string of the molecule is CC[C@@H]1C(COC(C(=O)O)C(=O)O)O[C@@H](OC)C(O)[C@H]1O.CC[C@@H]1C(COC(C(=O)O)C(=O)O[C@@H]2C(O)[C@H](OC)OC(COC(C(=O)O)C(=O)O)[C@H]2CC)O[C@@H](OC)C(O)[C@H]1O. The molecule has 0 amide bonds. The minimum absolute atomic E-state index is 0.135. The van der Waals surface area contributed by atoms with Crippen LogP contribution in [0.5, 0.6) is 0 Å². The zero-order chi connectivity index (χ0) is 47.2. The van der Waals surface area contributed by atoms with Gasteiger partial charge in [-0.25, -0.2) is 28.8 Å². The van der Waals surface area contributed by atoms with Gasteiger partial charge in [-0.2, -0.15) is 0 Å². The number of hydrogen-bond donors (Lipinski definition) is 10. The lowest BCUT2D eigenvalue weighted by atomic mass is 9.86. The number of aliphatic carboxylic acids is 5. The van der Waals surface area contributed by atoms with Crippen molar-refractivity contribution < 1.29 is 127 Å². The highest BCUT2D eigenvalue weighted by Gasteiger charge is 2.50. The topological polar surface area (TPSA) is 397 Å². The molecule has 3 aliphatic rings. The van der Waals surface area contributed by atoms with Crippen molar-refractivity contribution in [2.45, 2.75) is 132 Å². The number of hydrogen-bond acceptors (Lipinski definition) is 21. The van der Waals surface area contributed by atoms with Gasteiger partial charge in [0.1, 0.15) is 24.4 Å². The number of carbonyl (C=O) groups excluding carboxylic acids is 1. The predicted molar refractivity (Wildman–Crippen MR) is 196 cm³/mol. The molecule has 0 radical (unpaired) electrons. The van der Waals surface area contributed by atoms with Crippen LogP contribution in [-0.4, -0.2) is 220 Å². The summed E-state index contributed by atoms with van der Waals surface area (Å²) in [6.07, 6.45) is -20.3. The van der Waals surface area contributed by atoms with Crippen molar-refractivity contribution in [2.75, 3.05) is 41.2 Å². The van der Waals surface area contributed by atoms with Gasteiger partial charge in [0, 0.05) is 39.1 Å². The van der Waals surface area contributed by atoms with E-state index in [0.29, 0.717) is 12.8 Å². The van der Waals surface area contributed by atoms with Gasteiger partial charge in [-0.05, 0) is 19.3 Å². The Labute approximate surface area is 354 Å². The van der Waals surface area contributed by atoms with Crippen molar-refractivity contribution in [1.29, 1.82) is 0 Å². The summed E-state index contributed by atoms with van der Waals surface area (Å²) in [5.74, 6) is -12.1. The lowest BCUT2D eigenvalue weighted by Crippen LogP contribution is -2.59. The zero-order valence-electron chi connectivity index (χ0n) is 34.6. The average molecular weight is 907 g/mol. The van der Waals surface area contributed by atoms with Gasteiger partial charge in [-0.3, -0.25) is 0 Å². The van der Waals surface area contributed by atoms with E-state index in [2.05, 4.69) is 0 Å². The third-order valence-electron chi connectivity index (χ3n) is 10.5. The molecule has 3 heterocycles. The highest BCUT2D eigenvalue weighted by atomic mass is 16.7. The molecule has 26 nitrogen and oxygen atoms in total. The van der Waals surface area contributed by atoms with Crippen LogP contribution in [0.1, 0.15) is 40.0 Å². The quantitative estimate of drug-likeness (QED) is 0.0371. The summed E-state index contributed by atoms with van der Waals surface area (Å²) in [7, 11) is 3.67. The molecule has 358 valence electrons. The van der Waals surface area contributed by atoms with E-state index in [4.69, 9.17) is 67.8 Å². The number of aliphatic hydroxyl groups is 5. The summed E-state index contributed by atoms with van der Waals surface area (Å²) >= 11 is 0. The molecule has 3 fully saturated rings. The van der Waals surface area contributed by atoms with E-state index in [0.717, 1.165) is 7.11 Å². The third-order valence-corrected chi connectivity index (χ3v) is 10.5. The maximum atomic E-state index is 13.0. The Morgan fingerprint density at radius 2 is 0.742 bits per heavy atom. The first kappa shape index (κ1) is 54.4. The normalized spacial score (nSPS) is 34.1. The maximum absolute atomic E-state index is 13.0. The molecule has 0 aromatic heterocycles. The molecule has 62 heavy (non-hydrogen) atoms. The van der Waals surface area contributed by atoms with Crippen molar-refractivity contribution in [3.63, 3.8) is 0 Å². The van der Waals surface area contributed by atoms with Crippen LogP contribution >= 0.6 is 0 Å². The second-order valence-electron chi connectivity index (χ2n) is 14.2. The molecule has 0 bridgehead atoms. The van der Waals surface area contributed by atoms with Crippen molar-refractivity contribution in [1.82, 2.24) is 0 Å². The van der Waals surface area contributed by atoms with E-state index < -0.39 is 159 Å². The molecule has 10 N–H and O–H groups in total. The van der Waals surface area contributed by atoms with Gasteiger partial charge < -0.3 is 98.4 Å². The van der Waals surface area contributed by atoms with E-state index in [-0.39, 0.29) is 13.0 Å². The second-order valence-corrected chi connectivity index (χ2v) is 14.2. The standard InChI is InChI=1S/C24H38O17.C12H20O9/c1-5-9-11(39-23(35-3)14(26)13(9)25)7-38-18(21(32)33)22(34)41-16-10(6-2)12(40-24(36-4)15(16)27)8-37-17(19(28)29)20(30)31;1-3-5-6(4-20-9(10(15)16)11(17)18)21-12(19-2)8(14)7(5)13/h9-18,23-27H,5-8H2,1-4H3,(H,28,29)(H,30,31)(H,32,33);5-9,12-14H,3-4H2,1-2H3,(H,15,16)(H,17,18)/t9-,10-,11?,12?,13+,14?,15?,16+,18?,23-,24-;5-,6?,7+,8?,12-/m11/s1. The number of carboxylic acid groups (broad SMARTS) is 5. The second kappa shape index (κ2) is 25.5. The molecule has 0 aromatic rings. The molecular formula is C36H58O26. The summed E-state index contributed by atoms with van der Waals surface area (Å²) in [6.45, 7) is 3.58. The van der Waals surface area contributed by atoms with Gasteiger partial charge in [0.05, 0.1) is 50.3 Å². The van der Waals surface area contributed by atoms with Crippen LogP contribution in [0.25, 0.3) is 0 Å². The van der Waals surface area contributed by atoms with E-state index in [1.54, 1.807) is 20.8 Å². The van der Waals surface area contributed by atoms with Gasteiger partial charge in [0.25, 0.3) is 18.3 Å². The Morgan fingerprint density at radius 1 is 0.452 bits per heavy atom. The van der Waals surface area contributed by atoms with Gasteiger partial charge in [0.2, 0.25) is 0 Å².